The molecule has 0 aliphatic carbocycles. The van der Waals surface area contributed by atoms with Gasteiger partial charge < -0.3 is 9.73 Å². The van der Waals surface area contributed by atoms with E-state index < -0.39 is 5.63 Å². The van der Waals surface area contributed by atoms with E-state index in [4.69, 9.17) is 4.42 Å². The summed E-state index contributed by atoms with van der Waals surface area (Å²) in [7, 11) is 0. The van der Waals surface area contributed by atoms with Crippen molar-refractivity contribution >= 4 is 16.9 Å². The predicted molar refractivity (Wildman–Crippen MR) is 89.5 cm³/mol. The smallest absolute Gasteiger partial charge is 0.336 e. The van der Waals surface area contributed by atoms with Crippen molar-refractivity contribution in [3.05, 3.63) is 81.7 Å². The third-order valence-electron chi connectivity index (χ3n) is 3.78. The Hall–Kier alpha value is -2.88. The lowest BCUT2D eigenvalue weighted by atomic mass is 10.1. The summed E-state index contributed by atoms with van der Waals surface area (Å²) >= 11 is 0. The summed E-state index contributed by atoms with van der Waals surface area (Å²) in [4.78, 5) is 23.8. The number of amides is 1. The molecule has 0 unspecified atom stereocenters. The lowest BCUT2D eigenvalue weighted by Gasteiger charge is -2.09. The van der Waals surface area contributed by atoms with Gasteiger partial charge in [0.2, 0.25) is 0 Å². The first kappa shape index (κ1) is 15.0. The second-order valence-corrected chi connectivity index (χ2v) is 5.32. The monoisotopic (exact) mass is 307 g/mol. The SMILES string of the molecule is CCc1ccc2oc(=O)cc(CNC(=O)c3ccccc3)c2c1. The van der Waals surface area contributed by atoms with E-state index in [1.54, 1.807) is 18.2 Å². The van der Waals surface area contributed by atoms with Crippen molar-refractivity contribution in [2.24, 2.45) is 0 Å². The lowest BCUT2D eigenvalue weighted by Crippen LogP contribution is -2.23. The minimum atomic E-state index is -0.411. The number of hydrogen-bond donors (Lipinski definition) is 1. The lowest BCUT2D eigenvalue weighted by molar-refractivity contribution is 0.0951. The second kappa shape index (κ2) is 6.48. The number of rotatable bonds is 4. The van der Waals surface area contributed by atoms with E-state index in [-0.39, 0.29) is 12.5 Å². The molecule has 0 spiro atoms. The van der Waals surface area contributed by atoms with Crippen LogP contribution in [0.15, 0.2) is 63.8 Å². The van der Waals surface area contributed by atoms with Crippen LogP contribution in [-0.2, 0) is 13.0 Å². The van der Waals surface area contributed by atoms with Gasteiger partial charge in [-0.1, -0.05) is 31.2 Å². The molecule has 23 heavy (non-hydrogen) atoms. The Balaban J connectivity index is 1.90. The Kier molecular flexibility index (Phi) is 4.24. The average Bonchev–Trinajstić information content (AvgIpc) is 2.59. The molecule has 116 valence electrons. The quantitative estimate of drug-likeness (QED) is 0.752. The molecule has 4 heteroatoms. The van der Waals surface area contributed by atoms with Gasteiger partial charge in [-0.25, -0.2) is 4.79 Å². The summed E-state index contributed by atoms with van der Waals surface area (Å²) in [5.74, 6) is -0.168. The summed E-state index contributed by atoms with van der Waals surface area (Å²) in [6, 6.07) is 16.2. The number of aryl methyl sites for hydroxylation is 1. The van der Waals surface area contributed by atoms with Crippen molar-refractivity contribution in [1.29, 1.82) is 0 Å². The highest BCUT2D eigenvalue weighted by Gasteiger charge is 2.09. The standard InChI is InChI=1S/C19H17NO3/c1-2-13-8-9-17-16(10-13)15(11-18(21)23-17)12-20-19(22)14-6-4-3-5-7-14/h3-11H,2,12H2,1H3,(H,20,22). The van der Waals surface area contributed by atoms with Crippen LogP contribution in [0.25, 0.3) is 11.0 Å². The molecule has 0 aliphatic heterocycles. The van der Waals surface area contributed by atoms with Crippen molar-refractivity contribution < 1.29 is 9.21 Å². The first-order chi connectivity index (χ1) is 11.2. The highest BCUT2D eigenvalue weighted by atomic mass is 16.4. The molecule has 1 heterocycles. The maximum atomic E-state index is 12.1. The van der Waals surface area contributed by atoms with Crippen LogP contribution in [0, 0.1) is 0 Å². The summed E-state index contributed by atoms with van der Waals surface area (Å²) < 4.78 is 5.22. The van der Waals surface area contributed by atoms with E-state index in [1.807, 2.05) is 30.3 Å². The van der Waals surface area contributed by atoms with Gasteiger partial charge >= 0.3 is 5.63 Å². The molecule has 3 aromatic rings. The number of benzene rings is 2. The molecule has 2 aromatic carbocycles. The molecule has 0 bridgehead atoms. The maximum absolute atomic E-state index is 12.1. The van der Waals surface area contributed by atoms with Crippen molar-refractivity contribution in [2.45, 2.75) is 19.9 Å². The van der Waals surface area contributed by atoms with Crippen LogP contribution in [0.2, 0.25) is 0 Å². The Morgan fingerprint density at radius 3 is 2.61 bits per heavy atom. The van der Waals surface area contributed by atoms with Gasteiger partial charge in [-0.2, -0.15) is 0 Å². The van der Waals surface area contributed by atoms with Gasteiger partial charge in [0.25, 0.3) is 5.91 Å². The molecule has 0 saturated carbocycles. The first-order valence-corrected chi connectivity index (χ1v) is 7.56. The molecule has 3 rings (SSSR count). The highest BCUT2D eigenvalue weighted by molar-refractivity contribution is 5.94. The van der Waals surface area contributed by atoms with Crippen LogP contribution in [0.3, 0.4) is 0 Å². The van der Waals surface area contributed by atoms with E-state index >= 15 is 0 Å². The van der Waals surface area contributed by atoms with Crippen LogP contribution < -0.4 is 10.9 Å². The second-order valence-electron chi connectivity index (χ2n) is 5.32. The van der Waals surface area contributed by atoms with E-state index in [0.29, 0.717) is 11.1 Å². The molecule has 1 aromatic heterocycles. The van der Waals surface area contributed by atoms with Crippen LogP contribution >= 0.6 is 0 Å². The van der Waals surface area contributed by atoms with Crippen molar-refractivity contribution in [2.75, 3.05) is 0 Å². The van der Waals surface area contributed by atoms with Crippen molar-refractivity contribution in [1.82, 2.24) is 5.32 Å². The van der Waals surface area contributed by atoms with Gasteiger partial charge in [0.1, 0.15) is 5.58 Å². The summed E-state index contributed by atoms with van der Waals surface area (Å²) in [5, 5.41) is 3.71. The predicted octanol–water partition coefficient (Wildman–Crippen LogP) is 3.29. The number of carbonyl (C=O) groups is 1. The average molecular weight is 307 g/mol. The van der Waals surface area contributed by atoms with E-state index in [9.17, 15) is 9.59 Å². The van der Waals surface area contributed by atoms with Crippen LogP contribution in [-0.4, -0.2) is 5.91 Å². The third kappa shape index (κ3) is 3.31. The van der Waals surface area contributed by atoms with Gasteiger partial charge in [0.05, 0.1) is 0 Å². The number of fused-ring (bicyclic) bond motifs is 1. The minimum Gasteiger partial charge on any atom is -0.423 e. The van der Waals surface area contributed by atoms with Crippen LogP contribution in [0.5, 0.6) is 0 Å². The van der Waals surface area contributed by atoms with Gasteiger partial charge in [-0.15, -0.1) is 0 Å². The van der Waals surface area contributed by atoms with Gasteiger partial charge in [-0.3, -0.25) is 4.79 Å². The fourth-order valence-corrected chi connectivity index (χ4v) is 2.51. The van der Waals surface area contributed by atoms with Gasteiger partial charge in [0.15, 0.2) is 0 Å². The Bertz CT molecular complexity index is 897. The largest absolute Gasteiger partial charge is 0.423 e. The molecule has 4 nitrogen and oxygen atoms in total. The van der Waals surface area contributed by atoms with Gasteiger partial charge in [-0.05, 0) is 41.8 Å². The zero-order chi connectivity index (χ0) is 16.2. The number of nitrogens with one attached hydrogen (secondary N) is 1. The molecule has 1 amide bonds. The van der Waals surface area contributed by atoms with E-state index in [0.717, 1.165) is 22.9 Å². The Morgan fingerprint density at radius 2 is 1.87 bits per heavy atom. The molecule has 0 fully saturated rings. The first-order valence-electron chi connectivity index (χ1n) is 7.56. The third-order valence-corrected chi connectivity index (χ3v) is 3.78. The Morgan fingerprint density at radius 1 is 1.09 bits per heavy atom. The molecule has 0 saturated heterocycles. The molecule has 1 N–H and O–H groups in total. The molecular formula is C19H17NO3. The number of carbonyl (C=O) groups excluding carboxylic acids is 1. The fourth-order valence-electron chi connectivity index (χ4n) is 2.51. The molecule has 0 aliphatic rings. The number of hydrogen-bond acceptors (Lipinski definition) is 3. The van der Waals surface area contributed by atoms with Crippen LogP contribution in [0.1, 0.15) is 28.4 Å². The minimum absolute atomic E-state index is 0.168. The van der Waals surface area contributed by atoms with Crippen molar-refractivity contribution in [3.8, 4) is 0 Å². The fraction of sp³-hybridized carbons (Fsp3) is 0.158. The molecule has 0 radical (unpaired) electrons. The summed E-state index contributed by atoms with van der Waals surface area (Å²) in [6.07, 6.45) is 0.894. The molecule has 0 atom stereocenters. The zero-order valence-electron chi connectivity index (χ0n) is 12.8. The van der Waals surface area contributed by atoms with E-state index in [1.165, 1.54) is 6.07 Å². The van der Waals surface area contributed by atoms with Crippen LogP contribution in [0.4, 0.5) is 0 Å². The normalized spacial score (nSPS) is 10.7. The summed E-state index contributed by atoms with van der Waals surface area (Å²) in [6.45, 7) is 2.35. The summed E-state index contributed by atoms with van der Waals surface area (Å²) in [5.41, 5.74) is 2.64. The van der Waals surface area contributed by atoms with E-state index in [2.05, 4.69) is 12.2 Å². The topological polar surface area (TPSA) is 59.3 Å². The van der Waals surface area contributed by atoms with Gasteiger partial charge in [0, 0.05) is 23.6 Å². The van der Waals surface area contributed by atoms with Crippen molar-refractivity contribution in [3.63, 3.8) is 0 Å². The highest BCUT2D eigenvalue weighted by Crippen LogP contribution is 2.19. The molecular weight excluding hydrogens is 290 g/mol. The maximum Gasteiger partial charge on any atom is 0.336 e. The Labute approximate surface area is 133 Å². The zero-order valence-corrected chi connectivity index (χ0v) is 12.8.